The number of hydrogen-bond donors (Lipinski definition) is 0. The van der Waals surface area contributed by atoms with Crippen LogP contribution in [-0.2, 0) is 17.6 Å². The van der Waals surface area contributed by atoms with Crippen LogP contribution in [-0.4, -0.2) is 47.0 Å². The average molecular weight is 385 g/mol. The summed E-state index contributed by atoms with van der Waals surface area (Å²) in [6, 6.07) is 0. The zero-order chi connectivity index (χ0) is 18.4. The van der Waals surface area contributed by atoms with E-state index in [0.29, 0.717) is 5.91 Å². The Morgan fingerprint density at radius 3 is 2.56 bits per heavy atom. The number of fused-ring (bicyclic) bond motifs is 3. The molecule has 1 amide bonds. The molecule has 2 aromatic rings. The Balaban J connectivity index is 1.36. The third-order valence-corrected chi connectivity index (χ3v) is 7.65. The minimum absolute atomic E-state index is 0.200. The van der Waals surface area contributed by atoms with E-state index in [-0.39, 0.29) is 5.92 Å². The second-order valence-corrected chi connectivity index (χ2v) is 9.36. The summed E-state index contributed by atoms with van der Waals surface area (Å²) in [5, 5.41) is 1.30. The van der Waals surface area contributed by atoms with E-state index < -0.39 is 0 Å². The Labute approximate surface area is 164 Å². The van der Waals surface area contributed by atoms with Gasteiger partial charge in [0.25, 0.3) is 0 Å². The summed E-state index contributed by atoms with van der Waals surface area (Å²) < 4.78 is 0. The maximum absolute atomic E-state index is 12.9. The molecule has 3 aliphatic rings. The Kier molecular flexibility index (Phi) is 4.54. The van der Waals surface area contributed by atoms with E-state index in [9.17, 15) is 4.79 Å². The highest BCUT2D eigenvalue weighted by molar-refractivity contribution is 7.19. The average Bonchev–Trinajstić information content (AvgIpc) is 3.28. The highest BCUT2D eigenvalue weighted by atomic mass is 32.1. The lowest BCUT2D eigenvalue weighted by molar-refractivity contribution is -0.137. The van der Waals surface area contributed by atoms with Crippen LogP contribution in [0.25, 0.3) is 10.2 Å². The lowest BCUT2D eigenvalue weighted by Gasteiger charge is -2.36. The van der Waals surface area contributed by atoms with Crippen molar-refractivity contribution >= 4 is 33.3 Å². The first-order valence-corrected chi connectivity index (χ1v) is 11.3. The first-order chi connectivity index (χ1) is 13.2. The fourth-order valence-corrected chi connectivity index (χ4v) is 6.32. The number of carbonyl (C=O) groups excluding carboxylic acids is 1. The third kappa shape index (κ3) is 3.12. The van der Waals surface area contributed by atoms with E-state index in [1.54, 1.807) is 0 Å². The maximum atomic E-state index is 12.9. The number of rotatable bonds is 2. The molecule has 5 rings (SSSR count). The number of thiophene rings is 1. The van der Waals surface area contributed by atoms with Crippen molar-refractivity contribution < 1.29 is 4.79 Å². The first-order valence-electron chi connectivity index (χ1n) is 10.5. The minimum Gasteiger partial charge on any atom is -0.356 e. The number of hydrogen-bond acceptors (Lipinski definition) is 5. The van der Waals surface area contributed by atoms with Gasteiger partial charge in [-0.25, -0.2) is 9.97 Å². The van der Waals surface area contributed by atoms with Gasteiger partial charge in [0.2, 0.25) is 5.91 Å². The molecule has 0 aromatic carbocycles. The van der Waals surface area contributed by atoms with Gasteiger partial charge >= 0.3 is 0 Å². The van der Waals surface area contributed by atoms with Crippen LogP contribution in [0, 0.1) is 12.8 Å². The van der Waals surface area contributed by atoms with Gasteiger partial charge in [-0.05, 0) is 63.9 Å². The summed E-state index contributed by atoms with van der Waals surface area (Å²) in [5.41, 5.74) is 1.50. The summed E-state index contributed by atoms with van der Waals surface area (Å²) in [4.78, 5) is 29.6. The molecule has 0 N–H and O–H groups in total. The number of anilines is 1. The van der Waals surface area contributed by atoms with Crippen LogP contribution in [0.3, 0.4) is 0 Å². The molecule has 0 bridgehead atoms. The van der Waals surface area contributed by atoms with Crippen LogP contribution in [0.2, 0.25) is 0 Å². The van der Waals surface area contributed by atoms with Crippen molar-refractivity contribution in [1.82, 2.24) is 14.9 Å². The summed E-state index contributed by atoms with van der Waals surface area (Å²) in [6.45, 7) is 5.79. The van der Waals surface area contributed by atoms with Crippen molar-refractivity contribution in [2.24, 2.45) is 5.92 Å². The molecular weight excluding hydrogens is 356 g/mol. The molecule has 2 fully saturated rings. The molecule has 4 heterocycles. The number of likely N-dealkylation sites (tertiary alicyclic amines) is 1. The molecule has 27 heavy (non-hydrogen) atoms. The van der Waals surface area contributed by atoms with Gasteiger partial charge in [0.1, 0.15) is 16.5 Å². The van der Waals surface area contributed by atoms with E-state index in [1.165, 1.54) is 54.4 Å². The van der Waals surface area contributed by atoms with E-state index >= 15 is 0 Å². The monoisotopic (exact) mass is 384 g/mol. The van der Waals surface area contributed by atoms with Gasteiger partial charge in [-0.2, -0.15) is 0 Å². The van der Waals surface area contributed by atoms with Crippen molar-refractivity contribution in [2.45, 2.75) is 58.3 Å². The van der Waals surface area contributed by atoms with Crippen LogP contribution >= 0.6 is 11.3 Å². The van der Waals surface area contributed by atoms with Gasteiger partial charge in [0.05, 0.1) is 5.39 Å². The number of amides is 1. The normalized spacial score (nSPS) is 21.1. The summed E-state index contributed by atoms with van der Waals surface area (Å²) in [5.74, 6) is 2.59. The molecular formula is C21H28N4OS. The molecule has 0 unspecified atom stereocenters. The molecule has 0 radical (unpaired) electrons. The van der Waals surface area contributed by atoms with Crippen LogP contribution in [0.5, 0.6) is 0 Å². The smallest absolute Gasteiger partial charge is 0.225 e. The fraction of sp³-hybridized carbons (Fsp3) is 0.667. The number of aryl methyl sites for hydroxylation is 3. The van der Waals surface area contributed by atoms with E-state index in [4.69, 9.17) is 9.97 Å². The number of aromatic nitrogens is 2. The van der Waals surface area contributed by atoms with E-state index in [2.05, 4.69) is 9.80 Å². The molecule has 0 spiro atoms. The van der Waals surface area contributed by atoms with Crippen LogP contribution < -0.4 is 4.90 Å². The Hall–Kier alpha value is -1.69. The highest BCUT2D eigenvalue weighted by Crippen LogP contribution is 2.41. The first kappa shape index (κ1) is 17.4. The summed E-state index contributed by atoms with van der Waals surface area (Å²) in [6.07, 6.45) is 9.14. The SMILES string of the molecule is Cc1nc(N2CCC(C(=O)N3CCCCC3)CC2)c2c3c(sc2n1)CCC3. The van der Waals surface area contributed by atoms with Gasteiger partial charge in [-0.1, -0.05) is 0 Å². The predicted molar refractivity (Wildman–Crippen MR) is 110 cm³/mol. The van der Waals surface area contributed by atoms with Gasteiger partial charge in [-0.15, -0.1) is 11.3 Å². The van der Waals surface area contributed by atoms with Crippen LogP contribution in [0.15, 0.2) is 0 Å². The zero-order valence-electron chi connectivity index (χ0n) is 16.2. The number of carbonyl (C=O) groups is 1. The topological polar surface area (TPSA) is 49.3 Å². The molecule has 5 nitrogen and oxygen atoms in total. The minimum atomic E-state index is 0.200. The summed E-state index contributed by atoms with van der Waals surface area (Å²) >= 11 is 1.86. The molecule has 6 heteroatoms. The largest absolute Gasteiger partial charge is 0.356 e. The van der Waals surface area contributed by atoms with Crippen molar-refractivity contribution in [3.8, 4) is 0 Å². The van der Waals surface area contributed by atoms with Crippen molar-refractivity contribution in [3.63, 3.8) is 0 Å². The van der Waals surface area contributed by atoms with E-state index in [1.807, 2.05) is 18.3 Å². The van der Waals surface area contributed by atoms with Crippen LogP contribution in [0.1, 0.15) is 54.8 Å². The number of piperidine rings is 2. The van der Waals surface area contributed by atoms with Gasteiger partial charge in [-0.3, -0.25) is 4.79 Å². The second kappa shape index (κ2) is 7.04. The van der Waals surface area contributed by atoms with Crippen molar-refractivity contribution in [2.75, 3.05) is 31.1 Å². The molecule has 1 aliphatic carbocycles. The fourth-order valence-electron chi connectivity index (χ4n) is 5.02. The molecule has 0 saturated carbocycles. The Bertz CT molecular complexity index is 863. The lowest BCUT2D eigenvalue weighted by Crippen LogP contribution is -2.44. The van der Waals surface area contributed by atoms with Crippen molar-refractivity contribution in [3.05, 3.63) is 16.3 Å². The molecule has 0 atom stereocenters. The van der Waals surface area contributed by atoms with Crippen LogP contribution in [0.4, 0.5) is 5.82 Å². The van der Waals surface area contributed by atoms with Gasteiger partial charge < -0.3 is 9.80 Å². The quantitative estimate of drug-likeness (QED) is 0.792. The third-order valence-electron chi connectivity index (χ3n) is 6.47. The second-order valence-electron chi connectivity index (χ2n) is 8.28. The number of nitrogens with zero attached hydrogens (tertiary/aromatic N) is 4. The van der Waals surface area contributed by atoms with Gasteiger partial charge in [0, 0.05) is 37.0 Å². The molecule has 144 valence electrons. The Morgan fingerprint density at radius 1 is 1.00 bits per heavy atom. The predicted octanol–water partition coefficient (Wildman–Crippen LogP) is 3.72. The van der Waals surface area contributed by atoms with E-state index in [0.717, 1.165) is 55.5 Å². The van der Waals surface area contributed by atoms with Gasteiger partial charge in [0.15, 0.2) is 0 Å². The highest BCUT2D eigenvalue weighted by Gasteiger charge is 2.31. The molecule has 2 aliphatic heterocycles. The zero-order valence-corrected chi connectivity index (χ0v) is 17.0. The summed E-state index contributed by atoms with van der Waals surface area (Å²) in [7, 11) is 0. The van der Waals surface area contributed by atoms with Crippen molar-refractivity contribution in [1.29, 1.82) is 0 Å². The maximum Gasteiger partial charge on any atom is 0.225 e. The molecule has 2 aromatic heterocycles. The lowest BCUT2D eigenvalue weighted by atomic mass is 9.94. The Morgan fingerprint density at radius 2 is 1.78 bits per heavy atom. The molecule has 2 saturated heterocycles. The standard InChI is InChI=1S/C21H28N4OS/c1-14-22-19(18-16-6-5-7-17(16)27-20(18)23-14)24-12-8-15(9-13-24)21(26)25-10-3-2-4-11-25/h15H,2-13H2,1H3.